The van der Waals surface area contributed by atoms with Crippen LogP contribution in [0.2, 0.25) is 0 Å². The normalized spacial score (nSPS) is 18.3. The summed E-state index contributed by atoms with van der Waals surface area (Å²) in [5, 5.41) is 0. The third-order valence-corrected chi connectivity index (χ3v) is 4.28. The topological polar surface area (TPSA) is 54.2 Å². The first-order chi connectivity index (χ1) is 14.3. The van der Waals surface area contributed by atoms with Crippen molar-refractivity contribution in [3.05, 3.63) is 29.2 Å². The molecule has 6 heteroatoms. The Bertz CT molecular complexity index is 762. The molecule has 1 aromatic rings. The van der Waals surface area contributed by atoms with Crippen LogP contribution in [-0.2, 0) is 14.2 Å². The summed E-state index contributed by atoms with van der Waals surface area (Å²) >= 11 is 0. The Kier molecular flexibility index (Phi) is 9.59. The summed E-state index contributed by atoms with van der Waals surface area (Å²) in [5.41, 5.74) is 0.424. The second-order valence-electron chi connectivity index (χ2n) is 8.63. The molecule has 0 aromatic carbocycles. The number of pyridine rings is 1. The SMILES string of the molecule is [C-]#[N+]c1nc(C#CCCOCCCOC(C)C)ccc1OC1CC(OC(C)(C)C)C1. The minimum absolute atomic E-state index is 0.0691. The second-order valence-corrected chi connectivity index (χ2v) is 8.63. The molecule has 0 aliphatic heterocycles. The van der Waals surface area contributed by atoms with Crippen LogP contribution in [0.15, 0.2) is 12.1 Å². The highest BCUT2D eigenvalue weighted by atomic mass is 16.5. The lowest BCUT2D eigenvalue weighted by Crippen LogP contribution is -2.43. The Hall–Kier alpha value is -2.12. The number of ether oxygens (including phenoxy) is 4. The molecule has 1 aliphatic carbocycles. The number of aromatic nitrogens is 1. The Balaban J connectivity index is 1.72. The quantitative estimate of drug-likeness (QED) is 0.309. The van der Waals surface area contributed by atoms with Gasteiger partial charge in [0.1, 0.15) is 11.9 Å². The molecule has 30 heavy (non-hydrogen) atoms. The zero-order valence-electron chi connectivity index (χ0n) is 18.9. The average Bonchev–Trinajstić information content (AvgIpc) is 2.64. The van der Waals surface area contributed by atoms with Crippen molar-refractivity contribution in [2.45, 2.75) is 84.2 Å². The largest absolute Gasteiger partial charge is 0.499 e. The van der Waals surface area contributed by atoms with Gasteiger partial charge in [0.2, 0.25) is 5.69 Å². The lowest BCUT2D eigenvalue weighted by Gasteiger charge is -2.39. The molecule has 2 rings (SSSR count). The average molecular weight is 415 g/mol. The van der Waals surface area contributed by atoms with E-state index in [1.807, 2.05) is 13.8 Å². The molecule has 0 saturated heterocycles. The summed E-state index contributed by atoms with van der Waals surface area (Å²) in [6.45, 7) is 19.5. The van der Waals surface area contributed by atoms with Gasteiger partial charge in [-0.15, -0.1) is 4.98 Å². The maximum atomic E-state index is 7.39. The van der Waals surface area contributed by atoms with Gasteiger partial charge in [-0.05, 0) is 59.1 Å². The minimum atomic E-state index is -0.146. The fourth-order valence-electron chi connectivity index (χ4n) is 2.93. The van der Waals surface area contributed by atoms with Crippen molar-refractivity contribution >= 4 is 5.82 Å². The van der Waals surface area contributed by atoms with Crippen molar-refractivity contribution < 1.29 is 18.9 Å². The summed E-state index contributed by atoms with van der Waals surface area (Å²) in [6.07, 6.45) is 3.71. The van der Waals surface area contributed by atoms with E-state index in [4.69, 9.17) is 25.5 Å². The van der Waals surface area contributed by atoms with Crippen molar-refractivity contribution in [1.29, 1.82) is 0 Å². The van der Waals surface area contributed by atoms with Crippen LogP contribution in [0.5, 0.6) is 5.75 Å². The van der Waals surface area contributed by atoms with Gasteiger partial charge in [-0.25, -0.2) is 0 Å². The number of nitrogens with zero attached hydrogens (tertiary/aromatic N) is 2. The van der Waals surface area contributed by atoms with E-state index >= 15 is 0 Å². The molecule has 164 valence electrons. The van der Waals surface area contributed by atoms with Crippen molar-refractivity contribution in [3.63, 3.8) is 0 Å². The molecule has 1 heterocycles. The van der Waals surface area contributed by atoms with Crippen LogP contribution < -0.4 is 4.74 Å². The first kappa shape index (κ1) is 24.2. The van der Waals surface area contributed by atoms with Gasteiger partial charge >= 0.3 is 5.82 Å². The predicted octanol–water partition coefficient (Wildman–Crippen LogP) is 4.93. The van der Waals surface area contributed by atoms with Gasteiger partial charge < -0.3 is 23.8 Å². The molecule has 1 saturated carbocycles. The first-order valence-electron chi connectivity index (χ1n) is 10.7. The second kappa shape index (κ2) is 11.9. The number of hydrogen-bond donors (Lipinski definition) is 0. The first-order valence-corrected chi connectivity index (χ1v) is 10.7. The van der Waals surface area contributed by atoms with Crippen LogP contribution in [0, 0.1) is 18.4 Å². The van der Waals surface area contributed by atoms with Gasteiger partial charge in [0.25, 0.3) is 0 Å². The van der Waals surface area contributed by atoms with E-state index in [0.29, 0.717) is 37.7 Å². The summed E-state index contributed by atoms with van der Waals surface area (Å²) < 4.78 is 22.9. The van der Waals surface area contributed by atoms with Crippen LogP contribution in [0.4, 0.5) is 5.82 Å². The van der Waals surface area contributed by atoms with Gasteiger partial charge in [0, 0.05) is 32.5 Å². The van der Waals surface area contributed by atoms with E-state index in [9.17, 15) is 0 Å². The highest BCUT2D eigenvalue weighted by Gasteiger charge is 2.34. The summed E-state index contributed by atoms with van der Waals surface area (Å²) in [6, 6.07) is 3.58. The van der Waals surface area contributed by atoms with Gasteiger partial charge in [0.05, 0.1) is 24.4 Å². The summed E-state index contributed by atoms with van der Waals surface area (Å²) in [4.78, 5) is 7.81. The zero-order valence-corrected chi connectivity index (χ0v) is 18.9. The van der Waals surface area contributed by atoms with Gasteiger partial charge in [-0.1, -0.05) is 12.5 Å². The van der Waals surface area contributed by atoms with E-state index in [0.717, 1.165) is 19.3 Å². The Morgan fingerprint density at radius 3 is 2.60 bits per heavy atom. The molecule has 0 amide bonds. The maximum absolute atomic E-state index is 7.39. The van der Waals surface area contributed by atoms with Crippen molar-refractivity contribution in [2.75, 3.05) is 19.8 Å². The van der Waals surface area contributed by atoms with E-state index in [-0.39, 0.29) is 29.7 Å². The molecular formula is C24H34N2O4. The van der Waals surface area contributed by atoms with Crippen LogP contribution in [0.3, 0.4) is 0 Å². The lowest BCUT2D eigenvalue weighted by molar-refractivity contribution is -0.126. The minimum Gasteiger partial charge on any atom is -0.499 e. The van der Waals surface area contributed by atoms with Crippen molar-refractivity contribution in [1.82, 2.24) is 4.98 Å². The van der Waals surface area contributed by atoms with Crippen molar-refractivity contribution in [2.24, 2.45) is 0 Å². The van der Waals surface area contributed by atoms with Gasteiger partial charge in [0.15, 0.2) is 0 Å². The van der Waals surface area contributed by atoms with Gasteiger partial charge in [-0.2, -0.15) is 0 Å². The molecule has 1 fully saturated rings. The van der Waals surface area contributed by atoms with Crippen LogP contribution in [-0.4, -0.2) is 48.7 Å². The smallest absolute Gasteiger partial charge is 0.313 e. The highest BCUT2D eigenvalue weighted by molar-refractivity contribution is 5.53. The molecule has 0 N–H and O–H groups in total. The molecule has 0 radical (unpaired) electrons. The highest BCUT2D eigenvalue weighted by Crippen LogP contribution is 2.34. The lowest BCUT2D eigenvalue weighted by atomic mass is 9.91. The molecular weight excluding hydrogens is 380 g/mol. The third-order valence-electron chi connectivity index (χ3n) is 4.28. The zero-order chi connectivity index (χ0) is 22.0. The van der Waals surface area contributed by atoms with E-state index in [1.165, 1.54) is 0 Å². The molecule has 0 unspecified atom stereocenters. The molecule has 1 aliphatic rings. The van der Waals surface area contributed by atoms with Crippen LogP contribution >= 0.6 is 0 Å². The third kappa shape index (κ3) is 9.13. The van der Waals surface area contributed by atoms with E-state index < -0.39 is 0 Å². The molecule has 1 aromatic heterocycles. The summed E-state index contributed by atoms with van der Waals surface area (Å²) in [5.74, 6) is 6.80. The molecule has 0 atom stereocenters. The molecule has 6 nitrogen and oxygen atoms in total. The predicted molar refractivity (Wildman–Crippen MR) is 117 cm³/mol. The van der Waals surface area contributed by atoms with Crippen LogP contribution in [0.25, 0.3) is 4.85 Å². The maximum Gasteiger partial charge on any atom is 0.313 e. The monoisotopic (exact) mass is 414 g/mol. The molecule has 0 spiro atoms. The van der Waals surface area contributed by atoms with Gasteiger partial charge in [-0.3, -0.25) is 0 Å². The number of rotatable bonds is 10. The fourth-order valence-corrected chi connectivity index (χ4v) is 2.93. The number of hydrogen-bond acceptors (Lipinski definition) is 5. The van der Waals surface area contributed by atoms with E-state index in [2.05, 4.69) is 42.4 Å². The summed E-state index contributed by atoms with van der Waals surface area (Å²) in [7, 11) is 0. The molecule has 0 bridgehead atoms. The Labute approximate surface area is 181 Å². The standard InChI is InChI=1S/C24H34N2O4/c1-18(2)28-15-9-14-27-13-8-7-10-19-11-12-22(23(25-6)26-19)29-20-16-21(17-20)30-24(3,4)5/h11-12,18,20-21H,8-9,13-17H2,1-5H3. The van der Waals surface area contributed by atoms with Crippen LogP contribution in [0.1, 0.15) is 66.0 Å². The Morgan fingerprint density at radius 1 is 1.17 bits per heavy atom. The van der Waals surface area contributed by atoms with Crippen molar-refractivity contribution in [3.8, 4) is 17.6 Å². The van der Waals surface area contributed by atoms with E-state index in [1.54, 1.807) is 12.1 Å². The fraction of sp³-hybridized carbons (Fsp3) is 0.667. The Morgan fingerprint density at radius 2 is 1.93 bits per heavy atom.